The highest BCUT2D eigenvalue weighted by molar-refractivity contribution is 5.57. The van der Waals surface area contributed by atoms with Crippen molar-refractivity contribution < 1.29 is 4.92 Å². The highest BCUT2D eigenvalue weighted by Gasteiger charge is 2.25. The monoisotopic (exact) mass is 351 g/mol. The molecule has 0 saturated heterocycles. The number of rotatable bonds is 6. The lowest BCUT2D eigenvalue weighted by Gasteiger charge is -2.12. The van der Waals surface area contributed by atoms with Gasteiger partial charge in [-0.2, -0.15) is 4.98 Å². The van der Waals surface area contributed by atoms with Gasteiger partial charge in [-0.05, 0) is 11.1 Å². The Hall–Kier alpha value is -3.68. The normalized spacial score (nSPS) is 10.5. The number of nitrogens with zero attached hydrogens (tertiary/aromatic N) is 3. The summed E-state index contributed by atoms with van der Waals surface area (Å²) in [7, 11) is 0. The molecule has 3 N–H and O–H groups in total. The maximum atomic E-state index is 12.6. The fourth-order valence-corrected chi connectivity index (χ4v) is 2.55. The van der Waals surface area contributed by atoms with Gasteiger partial charge in [-0.25, -0.2) is 0 Å². The Labute approximate surface area is 149 Å². The molecule has 0 unspecified atom stereocenters. The molecule has 1 heterocycles. The Morgan fingerprint density at radius 3 is 2.19 bits per heavy atom. The van der Waals surface area contributed by atoms with Gasteiger partial charge in [0.2, 0.25) is 11.8 Å². The second-order valence-electron chi connectivity index (χ2n) is 5.64. The van der Waals surface area contributed by atoms with E-state index < -0.39 is 16.2 Å². The lowest BCUT2D eigenvalue weighted by molar-refractivity contribution is -0.385. The van der Waals surface area contributed by atoms with Gasteiger partial charge in [-0.15, -0.1) is 0 Å². The van der Waals surface area contributed by atoms with Gasteiger partial charge < -0.3 is 11.1 Å². The summed E-state index contributed by atoms with van der Waals surface area (Å²) in [6.45, 7) is 0.397. The van der Waals surface area contributed by atoms with Crippen molar-refractivity contribution in [1.82, 2.24) is 9.55 Å². The van der Waals surface area contributed by atoms with Gasteiger partial charge in [0, 0.05) is 6.54 Å². The highest BCUT2D eigenvalue weighted by Crippen LogP contribution is 2.20. The van der Waals surface area contributed by atoms with E-state index in [1.165, 1.54) is 0 Å². The second-order valence-corrected chi connectivity index (χ2v) is 5.64. The van der Waals surface area contributed by atoms with E-state index in [2.05, 4.69) is 10.3 Å². The minimum Gasteiger partial charge on any atom is -0.369 e. The Morgan fingerprint density at radius 2 is 1.62 bits per heavy atom. The molecule has 26 heavy (non-hydrogen) atoms. The molecular weight excluding hydrogens is 334 g/mol. The summed E-state index contributed by atoms with van der Waals surface area (Å²) in [6.07, 6.45) is 0. The molecule has 3 aromatic rings. The maximum Gasteiger partial charge on any atom is 0.376 e. The van der Waals surface area contributed by atoms with Crippen LogP contribution >= 0.6 is 0 Å². The van der Waals surface area contributed by atoms with E-state index >= 15 is 0 Å². The fraction of sp³-hybridized carbons (Fsp3) is 0.111. The van der Waals surface area contributed by atoms with Crippen LogP contribution in [0.5, 0.6) is 0 Å². The molecule has 3 rings (SSSR count). The zero-order valence-electron chi connectivity index (χ0n) is 13.8. The lowest BCUT2D eigenvalue weighted by atomic mass is 10.2. The van der Waals surface area contributed by atoms with Gasteiger partial charge in [0.25, 0.3) is 0 Å². The van der Waals surface area contributed by atoms with Crippen LogP contribution < -0.4 is 16.6 Å². The van der Waals surface area contributed by atoms with E-state index in [4.69, 9.17) is 5.73 Å². The van der Waals surface area contributed by atoms with Crippen molar-refractivity contribution in [1.29, 1.82) is 0 Å². The summed E-state index contributed by atoms with van der Waals surface area (Å²) in [4.78, 5) is 27.4. The number of hydrogen-bond donors (Lipinski definition) is 2. The largest absolute Gasteiger partial charge is 0.376 e. The lowest BCUT2D eigenvalue weighted by Crippen LogP contribution is -2.28. The Morgan fingerprint density at radius 1 is 1.04 bits per heavy atom. The molecule has 0 aliphatic heterocycles. The molecule has 1 aromatic heterocycles. The van der Waals surface area contributed by atoms with Crippen LogP contribution in [-0.2, 0) is 13.1 Å². The van der Waals surface area contributed by atoms with E-state index in [-0.39, 0.29) is 24.9 Å². The van der Waals surface area contributed by atoms with Gasteiger partial charge in [0.15, 0.2) is 0 Å². The van der Waals surface area contributed by atoms with Crippen LogP contribution in [-0.4, -0.2) is 14.5 Å². The Kier molecular flexibility index (Phi) is 4.93. The van der Waals surface area contributed by atoms with Crippen molar-refractivity contribution in [3.05, 3.63) is 92.3 Å². The topological polar surface area (TPSA) is 116 Å². The fourth-order valence-electron chi connectivity index (χ4n) is 2.55. The standard InChI is InChI=1S/C18H17N5O3/c19-18-21-16(20-11-13-7-3-1-4-8-13)15(23(25)26)17(24)22(18)12-14-9-5-2-6-10-14/h1-10,20H,11-12H2,(H2,19,21). The smallest absolute Gasteiger partial charge is 0.369 e. The Bertz CT molecular complexity index is 971. The van der Waals surface area contributed by atoms with Crippen molar-refractivity contribution in [2.75, 3.05) is 11.1 Å². The van der Waals surface area contributed by atoms with Crippen LogP contribution in [0.15, 0.2) is 65.5 Å². The van der Waals surface area contributed by atoms with Crippen LogP contribution in [0.4, 0.5) is 17.5 Å². The van der Waals surface area contributed by atoms with Gasteiger partial charge in [-0.3, -0.25) is 19.5 Å². The summed E-state index contributed by atoms with van der Waals surface area (Å²) in [5.74, 6) is -0.217. The van der Waals surface area contributed by atoms with Crippen molar-refractivity contribution in [2.45, 2.75) is 13.1 Å². The SMILES string of the molecule is Nc1nc(NCc2ccccc2)c([N+](=O)[O-])c(=O)n1Cc1ccccc1. The van der Waals surface area contributed by atoms with Crippen molar-refractivity contribution in [2.24, 2.45) is 0 Å². The van der Waals surface area contributed by atoms with Gasteiger partial charge in [-0.1, -0.05) is 60.7 Å². The van der Waals surface area contributed by atoms with Crippen LogP contribution in [0, 0.1) is 10.1 Å². The van der Waals surface area contributed by atoms with Gasteiger partial charge in [0.1, 0.15) is 0 Å². The second kappa shape index (κ2) is 7.47. The minimum atomic E-state index is -0.790. The third-order valence-electron chi connectivity index (χ3n) is 3.84. The quantitative estimate of drug-likeness (QED) is 0.520. The molecule has 0 bridgehead atoms. The van der Waals surface area contributed by atoms with Crippen LogP contribution in [0.1, 0.15) is 11.1 Å². The molecule has 0 spiro atoms. The zero-order chi connectivity index (χ0) is 18.5. The molecule has 2 aromatic carbocycles. The molecule has 0 fully saturated rings. The zero-order valence-corrected chi connectivity index (χ0v) is 13.8. The average Bonchev–Trinajstić information content (AvgIpc) is 2.64. The summed E-state index contributed by atoms with van der Waals surface area (Å²) in [5, 5.41) is 14.3. The Balaban J connectivity index is 1.96. The average molecular weight is 351 g/mol. The van der Waals surface area contributed by atoms with E-state index in [1.807, 2.05) is 48.5 Å². The summed E-state index contributed by atoms with van der Waals surface area (Å²) in [6, 6.07) is 18.4. The molecule has 0 radical (unpaired) electrons. The van der Waals surface area contributed by atoms with Crippen LogP contribution in [0.3, 0.4) is 0 Å². The molecule has 8 nitrogen and oxygen atoms in total. The van der Waals surface area contributed by atoms with Crippen LogP contribution in [0.2, 0.25) is 0 Å². The maximum absolute atomic E-state index is 12.6. The number of nitro groups is 1. The van der Waals surface area contributed by atoms with Crippen molar-refractivity contribution in [3.8, 4) is 0 Å². The summed E-state index contributed by atoms with van der Waals surface area (Å²) >= 11 is 0. The molecule has 0 amide bonds. The molecule has 0 atom stereocenters. The molecule has 0 aliphatic carbocycles. The molecule has 0 saturated carbocycles. The highest BCUT2D eigenvalue weighted by atomic mass is 16.6. The van der Waals surface area contributed by atoms with E-state index in [0.29, 0.717) is 0 Å². The first-order valence-corrected chi connectivity index (χ1v) is 7.92. The number of benzene rings is 2. The molecule has 132 valence electrons. The molecule has 8 heteroatoms. The first kappa shape index (κ1) is 17.2. The molecule has 0 aliphatic rings. The number of hydrogen-bond acceptors (Lipinski definition) is 6. The van der Waals surface area contributed by atoms with Crippen molar-refractivity contribution >= 4 is 17.5 Å². The molecular formula is C18H17N5O3. The number of nitrogen functional groups attached to an aromatic ring is 1. The summed E-state index contributed by atoms with van der Waals surface area (Å²) in [5.41, 5.74) is 6.18. The first-order valence-electron chi connectivity index (χ1n) is 7.92. The number of nitrogens with two attached hydrogens (primary N) is 1. The third kappa shape index (κ3) is 3.69. The predicted molar refractivity (Wildman–Crippen MR) is 98.9 cm³/mol. The summed E-state index contributed by atoms with van der Waals surface area (Å²) < 4.78 is 1.10. The number of nitrogens with one attached hydrogen (secondary N) is 1. The van der Waals surface area contributed by atoms with Gasteiger partial charge in [0.05, 0.1) is 11.5 Å². The minimum absolute atomic E-state index is 0.0833. The first-order chi connectivity index (χ1) is 12.6. The number of anilines is 2. The van der Waals surface area contributed by atoms with E-state index in [0.717, 1.165) is 15.7 Å². The van der Waals surface area contributed by atoms with Gasteiger partial charge >= 0.3 is 11.2 Å². The van der Waals surface area contributed by atoms with E-state index in [1.54, 1.807) is 12.1 Å². The third-order valence-corrected chi connectivity index (χ3v) is 3.84. The van der Waals surface area contributed by atoms with Crippen molar-refractivity contribution in [3.63, 3.8) is 0 Å². The number of aromatic nitrogens is 2. The van der Waals surface area contributed by atoms with Crippen LogP contribution in [0.25, 0.3) is 0 Å². The predicted octanol–water partition coefficient (Wildman–Crippen LogP) is 2.39. The van der Waals surface area contributed by atoms with E-state index in [9.17, 15) is 14.9 Å².